The lowest BCUT2D eigenvalue weighted by molar-refractivity contribution is -0.151. The highest BCUT2D eigenvalue weighted by Crippen LogP contribution is 2.71. The number of nitriles is 1. The Kier molecular flexibility index (Phi) is 7.06. The molecule has 4 fully saturated rings. The number of hydrogen-bond donors (Lipinski definition) is 1. The van der Waals surface area contributed by atoms with Crippen molar-refractivity contribution in [2.75, 3.05) is 0 Å². The van der Waals surface area contributed by atoms with Gasteiger partial charge in [0.1, 0.15) is 17.7 Å². The molecule has 2 aromatic rings. The number of amidine groups is 1. The largest absolute Gasteiger partial charge is 0.416 e. The molecule has 12 heteroatoms. The predicted molar refractivity (Wildman–Crippen MR) is 154 cm³/mol. The minimum Gasteiger partial charge on any atom is -0.366 e. The van der Waals surface area contributed by atoms with Crippen LogP contribution in [0.15, 0.2) is 58.4 Å². The topological polar surface area (TPSA) is 103 Å². The molecular weight excluding hydrogens is 596 g/mol. The van der Waals surface area contributed by atoms with Crippen LogP contribution in [-0.2, 0) is 27.5 Å². The van der Waals surface area contributed by atoms with E-state index >= 15 is 0 Å². The first-order valence-corrected chi connectivity index (χ1v) is 16.2. The highest BCUT2D eigenvalue weighted by molar-refractivity contribution is 7.89. The molecule has 44 heavy (non-hydrogen) atoms. The van der Waals surface area contributed by atoms with Gasteiger partial charge in [0.2, 0.25) is 10.0 Å². The SMILES string of the molecule is CC1(C)NC(C23CC(N(Cc4ccc(C(F)(F)F)cc4)S(=O)(=O)c4ccc(F)cc4)(C2)C3)=NC1C(=O)CCC1(C#N)CCC1. The molecule has 0 radical (unpaired) electrons. The molecule has 7 rings (SSSR count). The molecule has 1 aliphatic heterocycles. The molecule has 1 N–H and O–H groups in total. The van der Waals surface area contributed by atoms with E-state index in [1.165, 1.54) is 28.6 Å². The maximum absolute atomic E-state index is 13.9. The first kappa shape index (κ1) is 30.7. The standard InChI is InChI=1S/C32H34F4N4O3S/c1-28(2)26(25(41)12-15-29(20-37)13-3-14-29)38-27(39-28)30-17-31(18-30,19-30)40(44(42,43)24-10-8-23(33)9-11-24)16-21-4-6-22(7-5-21)32(34,35)36/h4-11,26H,3,12-19H2,1-2H3,(H,38,39). The monoisotopic (exact) mass is 630 g/mol. The van der Waals surface area contributed by atoms with Crippen LogP contribution in [0, 0.1) is 28.0 Å². The molecule has 0 aromatic heterocycles. The third kappa shape index (κ3) is 5.02. The summed E-state index contributed by atoms with van der Waals surface area (Å²) in [7, 11) is -4.15. The zero-order valence-electron chi connectivity index (χ0n) is 24.5. The van der Waals surface area contributed by atoms with Gasteiger partial charge in [0.25, 0.3) is 0 Å². The van der Waals surface area contributed by atoms with Gasteiger partial charge in [0.05, 0.1) is 27.5 Å². The van der Waals surface area contributed by atoms with Gasteiger partial charge in [0, 0.05) is 23.9 Å². The van der Waals surface area contributed by atoms with E-state index < -0.39 is 55.5 Å². The number of ketones is 1. The maximum Gasteiger partial charge on any atom is 0.416 e. The van der Waals surface area contributed by atoms with Gasteiger partial charge in [-0.3, -0.25) is 9.79 Å². The van der Waals surface area contributed by atoms with Crippen LogP contribution in [0.2, 0.25) is 0 Å². The maximum atomic E-state index is 13.9. The first-order valence-electron chi connectivity index (χ1n) is 14.8. The average molecular weight is 631 g/mol. The molecule has 5 aliphatic rings. The Labute approximate surface area is 254 Å². The van der Waals surface area contributed by atoms with Crippen molar-refractivity contribution < 1.29 is 30.8 Å². The minimum atomic E-state index is -4.52. The molecule has 1 unspecified atom stereocenters. The Hall–Kier alpha value is -3.30. The molecule has 234 valence electrons. The molecule has 4 saturated carbocycles. The van der Waals surface area contributed by atoms with E-state index in [4.69, 9.17) is 4.99 Å². The summed E-state index contributed by atoms with van der Waals surface area (Å²) in [5.74, 6) is 0.0633. The molecule has 0 saturated heterocycles. The normalized spacial score (nSPS) is 28.1. The number of benzene rings is 2. The number of carbonyl (C=O) groups excluding carboxylic acids is 1. The van der Waals surface area contributed by atoms with E-state index in [0.717, 1.165) is 43.5 Å². The number of carbonyl (C=O) groups is 1. The van der Waals surface area contributed by atoms with Crippen molar-refractivity contribution in [1.29, 1.82) is 5.26 Å². The number of nitrogens with zero attached hydrogens (tertiary/aromatic N) is 3. The molecule has 0 spiro atoms. The van der Waals surface area contributed by atoms with E-state index in [2.05, 4.69) is 11.4 Å². The highest BCUT2D eigenvalue weighted by Gasteiger charge is 2.75. The molecule has 2 aromatic carbocycles. The van der Waals surface area contributed by atoms with E-state index in [9.17, 15) is 36.0 Å². The van der Waals surface area contributed by atoms with E-state index in [1.54, 1.807) is 0 Å². The van der Waals surface area contributed by atoms with Crippen LogP contribution in [0.25, 0.3) is 0 Å². The van der Waals surface area contributed by atoms with Crippen LogP contribution in [-0.4, -0.2) is 41.5 Å². The summed E-state index contributed by atoms with van der Waals surface area (Å²) in [4.78, 5) is 18.0. The Morgan fingerprint density at radius 1 is 1.07 bits per heavy atom. The number of halogens is 4. The van der Waals surface area contributed by atoms with Gasteiger partial charge >= 0.3 is 6.18 Å². The second kappa shape index (κ2) is 10.1. The van der Waals surface area contributed by atoms with Crippen molar-refractivity contribution in [2.45, 2.75) is 100.0 Å². The summed E-state index contributed by atoms with van der Waals surface area (Å²) in [6, 6.07) is 10.7. The quantitative estimate of drug-likeness (QED) is 0.318. The molecule has 2 bridgehead atoms. The molecule has 4 aliphatic carbocycles. The van der Waals surface area contributed by atoms with E-state index in [-0.39, 0.29) is 23.6 Å². The molecular formula is C32H34F4N4O3S. The van der Waals surface area contributed by atoms with Crippen LogP contribution in [0.3, 0.4) is 0 Å². The molecule has 7 nitrogen and oxygen atoms in total. The lowest BCUT2D eigenvalue weighted by Crippen LogP contribution is -2.78. The number of aliphatic imine (C=N–C) groups is 1. The second-order valence-electron chi connectivity index (χ2n) is 13.6. The van der Waals surface area contributed by atoms with E-state index in [0.29, 0.717) is 37.1 Å². The molecule has 0 amide bonds. The summed E-state index contributed by atoms with van der Waals surface area (Å²) >= 11 is 0. The number of Topliss-reactive ketones (excluding diaryl/α,β-unsaturated/α-hetero) is 1. The van der Waals surface area contributed by atoms with Gasteiger partial charge in [-0.05, 0) is 94.3 Å². The summed E-state index contributed by atoms with van der Waals surface area (Å²) in [5, 5.41) is 13.0. The van der Waals surface area contributed by atoms with Crippen molar-refractivity contribution in [3.63, 3.8) is 0 Å². The second-order valence-corrected chi connectivity index (χ2v) is 15.5. The van der Waals surface area contributed by atoms with Gasteiger partial charge < -0.3 is 5.32 Å². The van der Waals surface area contributed by atoms with Gasteiger partial charge in [0.15, 0.2) is 5.78 Å². The zero-order chi connectivity index (χ0) is 31.8. The fraction of sp³-hybridized carbons (Fsp3) is 0.531. The average Bonchev–Trinajstić information content (AvgIpc) is 3.21. The Morgan fingerprint density at radius 2 is 1.68 bits per heavy atom. The van der Waals surface area contributed by atoms with Gasteiger partial charge in [-0.1, -0.05) is 18.6 Å². The Balaban J connectivity index is 1.23. The number of nitrogens with one attached hydrogen (secondary N) is 1. The summed E-state index contributed by atoms with van der Waals surface area (Å²) in [6.45, 7) is 3.67. The number of hydrogen-bond acceptors (Lipinski definition) is 6. The van der Waals surface area contributed by atoms with Crippen LogP contribution >= 0.6 is 0 Å². The smallest absolute Gasteiger partial charge is 0.366 e. The lowest BCUT2D eigenvalue weighted by Gasteiger charge is -2.73. The Bertz CT molecular complexity index is 1640. The summed E-state index contributed by atoms with van der Waals surface area (Å²) < 4.78 is 82.3. The zero-order valence-corrected chi connectivity index (χ0v) is 25.4. The van der Waals surface area contributed by atoms with Crippen LogP contribution in [0.4, 0.5) is 17.6 Å². The van der Waals surface area contributed by atoms with Crippen LogP contribution in [0.1, 0.15) is 76.3 Å². The van der Waals surface area contributed by atoms with Crippen molar-refractivity contribution in [3.8, 4) is 6.07 Å². The van der Waals surface area contributed by atoms with Crippen molar-refractivity contribution in [3.05, 3.63) is 65.5 Å². The minimum absolute atomic E-state index is 0.0249. The Morgan fingerprint density at radius 3 is 2.20 bits per heavy atom. The van der Waals surface area contributed by atoms with Gasteiger partial charge in [-0.2, -0.15) is 22.7 Å². The highest BCUT2D eigenvalue weighted by atomic mass is 32.2. The first-order chi connectivity index (χ1) is 20.5. The molecule has 1 atom stereocenters. The fourth-order valence-electron chi connectivity index (χ4n) is 7.42. The van der Waals surface area contributed by atoms with Gasteiger partial charge in [-0.15, -0.1) is 0 Å². The number of sulfonamides is 1. The third-order valence-corrected chi connectivity index (χ3v) is 12.1. The van der Waals surface area contributed by atoms with E-state index in [1.807, 2.05) is 13.8 Å². The molecule has 1 heterocycles. The van der Waals surface area contributed by atoms with Crippen molar-refractivity contribution in [2.24, 2.45) is 15.8 Å². The number of rotatable bonds is 10. The van der Waals surface area contributed by atoms with Crippen molar-refractivity contribution in [1.82, 2.24) is 9.62 Å². The summed E-state index contributed by atoms with van der Waals surface area (Å²) in [5.41, 5.74) is -2.72. The number of alkyl halides is 3. The van der Waals surface area contributed by atoms with Gasteiger partial charge in [-0.25, -0.2) is 12.8 Å². The van der Waals surface area contributed by atoms with Crippen LogP contribution < -0.4 is 5.32 Å². The lowest BCUT2D eigenvalue weighted by atomic mass is 9.38. The summed E-state index contributed by atoms with van der Waals surface area (Å²) in [6.07, 6.45) is 0.193. The van der Waals surface area contributed by atoms with Crippen molar-refractivity contribution >= 4 is 21.6 Å². The van der Waals surface area contributed by atoms with Crippen LogP contribution in [0.5, 0.6) is 0 Å². The predicted octanol–water partition coefficient (Wildman–Crippen LogP) is 6.15. The fourth-order valence-corrected chi connectivity index (χ4v) is 9.17. The third-order valence-electron chi connectivity index (χ3n) is 10.1.